The van der Waals surface area contributed by atoms with Crippen molar-refractivity contribution >= 4 is 99.8 Å². The number of ketones is 2. The summed E-state index contributed by atoms with van der Waals surface area (Å²) in [7, 11) is 4.20. The average Bonchev–Trinajstić information content (AvgIpc) is 0.824. The monoisotopic (exact) mass is 1390 g/mol. The fourth-order valence-corrected chi connectivity index (χ4v) is 9.65. The number of Topliss-reactive ketones (excluding diaryl/α,β-unsaturated/α-hetero) is 2. The summed E-state index contributed by atoms with van der Waals surface area (Å²) < 4.78 is 0. The molecule has 0 spiro atoms. The summed E-state index contributed by atoms with van der Waals surface area (Å²) >= 11 is 0. The second-order valence-electron chi connectivity index (χ2n) is 32.5. The molecule has 0 bridgehead atoms. The van der Waals surface area contributed by atoms with Crippen molar-refractivity contribution in [3.63, 3.8) is 0 Å². The van der Waals surface area contributed by atoms with E-state index in [4.69, 9.17) is 5.11 Å². The van der Waals surface area contributed by atoms with Crippen molar-refractivity contribution in [3.05, 3.63) is 100 Å². The van der Waals surface area contributed by atoms with Crippen LogP contribution in [0.2, 0.25) is 0 Å². The number of barbiturate groups is 1. The smallest absolute Gasteiger partial charge is 0.330 e. The van der Waals surface area contributed by atoms with E-state index in [9.17, 15) is 57.5 Å². The zero-order chi connectivity index (χ0) is 77.2. The van der Waals surface area contributed by atoms with E-state index < -0.39 is 35.8 Å². The number of hydrogen-bond donors (Lipinski definition) is 7. The number of aliphatic imine (C=N–C) groups is 1. The Morgan fingerprint density at radius 1 is 0.550 bits per heavy atom. The van der Waals surface area contributed by atoms with Crippen LogP contribution in [0.5, 0.6) is 0 Å². The van der Waals surface area contributed by atoms with Gasteiger partial charge >= 0.3 is 12.0 Å². The van der Waals surface area contributed by atoms with Crippen molar-refractivity contribution in [2.45, 2.75) is 210 Å². The molecule has 10 amide bonds. The number of nitrogens with zero attached hydrogens (tertiary/aromatic N) is 6. The molecule has 0 saturated carbocycles. The van der Waals surface area contributed by atoms with E-state index in [1.54, 1.807) is 55.5 Å². The van der Waals surface area contributed by atoms with Gasteiger partial charge < -0.3 is 31.3 Å². The van der Waals surface area contributed by atoms with Crippen LogP contribution < -0.4 is 31.9 Å². The summed E-state index contributed by atoms with van der Waals surface area (Å²) in [5.41, 5.74) is 4.49. The van der Waals surface area contributed by atoms with Crippen LogP contribution in [-0.2, 0) is 68.8 Å². The fourth-order valence-electron chi connectivity index (χ4n) is 9.65. The maximum absolute atomic E-state index is 13.3. The predicted molar refractivity (Wildman–Crippen MR) is 392 cm³/mol. The van der Waals surface area contributed by atoms with E-state index in [0.717, 1.165) is 29.0 Å². The Labute approximate surface area is 591 Å². The summed E-state index contributed by atoms with van der Waals surface area (Å²) in [4.78, 5) is 158. The zero-order valence-corrected chi connectivity index (χ0v) is 63.8. The molecule has 1 aromatic carbocycles. The quantitative estimate of drug-likeness (QED) is 0.0311. The topological polar surface area (TPSA) is 355 Å². The number of urea groups is 1. The number of carbonyl (C=O) groups excluding carboxylic acids is 11. The third kappa shape index (κ3) is 41.2. The van der Waals surface area contributed by atoms with Gasteiger partial charge in [0.2, 0.25) is 29.5 Å². The van der Waals surface area contributed by atoms with Crippen LogP contribution in [0.15, 0.2) is 71.7 Å². The van der Waals surface area contributed by atoms with E-state index in [0.29, 0.717) is 70.5 Å². The minimum Gasteiger partial charge on any atom is -0.481 e. The summed E-state index contributed by atoms with van der Waals surface area (Å²) in [5, 5.41) is 23.3. The first-order valence-corrected chi connectivity index (χ1v) is 33.1. The molecule has 0 aliphatic carbocycles. The Bertz CT molecular complexity index is 3440. The van der Waals surface area contributed by atoms with Gasteiger partial charge in [-0.3, -0.25) is 78.2 Å². The molecular weight excluding hydrogens is 1280 g/mol. The van der Waals surface area contributed by atoms with E-state index >= 15 is 0 Å². The highest BCUT2D eigenvalue weighted by Gasteiger charge is 2.34. The average molecular weight is 1390 g/mol. The first kappa shape index (κ1) is 88.8. The second kappa shape index (κ2) is 38.9. The SMILES string of the molecule is CC(=O)Cc1cccc(CC(=O)c2cc(CC(C)(C)C)cc(C(=O)Nc3cccc(NC(C)=O)n3)c2)n1.CC(=O)Nc1cc(CC(C)(C)C)cc(NC(C)=O)n1.CC(C)(C)CC(=O)O.CC(C)(C)CN1C(=O)CC(=O)NC1=O.CC1=NC(CC(C)(C)C)C(=O)NC1=O.CN(C)CC(C)(C)C. The maximum Gasteiger partial charge on any atom is 0.330 e. The summed E-state index contributed by atoms with van der Waals surface area (Å²) in [5.74, 6) is -2.05. The van der Waals surface area contributed by atoms with Gasteiger partial charge in [-0.25, -0.2) is 14.8 Å². The van der Waals surface area contributed by atoms with Crippen LogP contribution >= 0.6 is 0 Å². The summed E-state index contributed by atoms with van der Waals surface area (Å²) in [6.07, 6.45) is 2.42. The first-order chi connectivity index (χ1) is 45.4. The van der Waals surface area contributed by atoms with Crippen LogP contribution in [0.25, 0.3) is 0 Å². The molecule has 5 heterocycles. The number of rotatable bonds is 16. The minimum atomic E-state index is -0.725. The largest absolute Gasteiger partial charge is 0.481 e. The fraction of sp³-hybridized carbons (Fsp3) is 0.547. The molecule has 1 atom stereocenters. The zero-order valence-electron chi connectivity index (χ0n) is 63.8. The second-order valence-corrected chi connectivity index (χ2v) is 32.5. The molecule has 1 saturated heterocycles. The lowest BCUT2D eigenvalue weighted by Crippen LogP contribution is -2.54. The van der Waals surface area contributed by atoms with Crippen molar-refractivity contribution in [1.29, 1.82) is 0 Å². The Kier molecular flexibility index (Phi) is 34.5. The molecule has 100 heavy (non-hydrogen) atoms. The summed E-state index contributed by atoms with van der Waals surface area (Å²) in [6, 6.07) is 18.0. The molecule has 3 aromatic heterocycles. The van der Waals surface area contributed by atoms with E-state index in [1.807, 2.05) is 80.5 Å². The number of benzene rings is 1. The molecule has 6 rings (SSSR count). The molecule has 25 nitrogen and oxygen atoms in total. The van der Waals surface area contributed by atoms with Crippen molar-refractivity contribution in [2.75, 3.05) is 48.5 Å². The van der Waals surface area contributed by atoms with Crippen molar-refractivity contribution in [3.8, 4) is 0 Å². The molecular formula is C75H112N12O13. The van der Waals surface area contributed by atoms with Gasteiger partial charge in [-0.05, 0) is 145 Å². The molecule has 2 aliphatic rings. The molecule has 4 aromatic rings. The van der Waals surface area contributed by atoms with Gasteiger partial charge in [0.25, 0.3) is 17.7 Å². The Hall–Kier alpha value is -9.26. The molecule has 2 aliphatic heterocycles. The first-order valence-electron chi connectivity index (χ1n) is 33.1. The Morgan fingerprint density at radius 2 is 1.01 bits per heavy atom. The van der Waals surface area contributed by atoms with Crippen molar-refractivity contribution < 1.29 is 62.6 Å². The van der Waals surface area contributed by atoms with Crippen LogP contribution in [0.3, 0.4) is 0 Å². The van der Waals surface area contributed by atoms with Crippen LogP contribution in [-0.4, -0.2) is 140 Å². The number of anilines is 4. The van der Waals surface area contributed by atoms with Gasteiger partial charge in [0.15, 0.2) is 5.78 Å². The van der Waals surface area contributed by atoms with Gasteiger partial charge in [-0.1, -0.05) is 137 Å². The number of carboxylic acids is 1. The molecule has 0 radical (unpaired) electrons. The van der Waals surface area contributed by atoms with Crippen LogP contribution in [0, 0.1) is 32.5 Å². The number of amides is 10. The highest BCUT2D eigenvalue weighted by atomic mass is 16.4. The number of nitrogens with one attached hydrogen (secondary N) is 6. The molecule has 550 valence electrons. The lowest BCUT2D eigenvalue weighted by atomic mass is 9.86. The van der Waals surface area contributed by atoms with Crippen LogP contribution in [0.4, 0.5) is 28.1 Å². The Balaban J connectivity index is 0.000000666. The molecule has 1 fully saturated rings. The number of aliphatic carboxylic acids is 1. The molecule has 7 N–H and O–H groups in total. The standard InChI is InChI=1S/C29H32N4O4.C14H21N3O2.C10H16N2O2.C9H14N2O3.C7H17N.C6H12O2/c1-18(34)12-23-8-6-9-24(31-23)16-25(36)21-13-20(17-29(3,4)5)14-22(15-21)28(37)33-27-11-7-10-26(32-27)30-19(2)35;1-9(18)15-12-6-11(8-14(3,4)5)7-13(17-12)16-10(2)19;1-6-8(13)12-9(14)7(11-6)5-10(2,3)4;1-9(2,3)5-11-7(13)4-6(12)10-8(11)14;1-7(2,3)6-8(4)5;1-6(2,3)4-5(7)8/h6-11,13-15H,12,16-17H2,1-5H3,(H2,30,32,33,35,37);6-7H,8H2,1-5H3,(H2,15,16,17,18,19);7H,5H2,1-4H3,(H,12,13,14);4-5H2,1-3H3,(H,10,12,14);6H2,1-5H3;4H2,1-3H3,(H,7,8). The van der Waals surface area contributed by atoms with Crippen LogP contribution in [0.1, 0.15) is 222 Å². The number of hydrogen-bond acceptors (Lipinski definition) is 17. The van der Waals surface area contributed by atoms with E-state index in [-0.39, 0.29) is 99.7 Å². The number of imide groups is 3. The number of carboxylic acid groups (broad SMARTS) is 1. The lowest BCUT2D eigenvalue weighted by molar-refractivity contribution is -0.139. The normalized spacial score (nSPS) is 13.9. The van der Waals surface area contributed by atoms with Gasteiger partial charge in [-0.15, -0.1) is 0 Å². The van der Waals surface area contributed by atoms with Crippen molar-refractivity contribution in [1.82, 2.24) is 35.4 Å². The van der Waals surface area contributed by atoms with Gasteiger partial charge in [0, 0.05) is 62.8 Å². The highest BCUT2D eigenvalue weighted by molar-refractivity contribution is 6.42. The van der Waals surface area contributed by atoms with E-state index in [2.05, 4.69) is 133 Å². The number of pyridine rings is 3. The highest BCUT2D eigenvalue weighted by Crippen LogP contribution is 2.27. The lowest BCUT2D eigenvalue weighted by Gasteiger charge is -2.30. The van der Waals surface area contributed by atoms with Gasteiger partial charge in [-0.2, -0.15) is 0 Å². The number of aromatic nitrogens is 3. The molecule has 25 heteroatoms. The predicted octanol–water partition coefficient (Wildman–Crippen LogP) is 11.9. The maximum atomic E-state index is 13.3. The van der Waals surface area contributed by atoms with Crippen molar-refractivity contribution in [2.24, 2.45) is 37.5 Å². The Morgan fingerprint density at radius 3 is 1.42 bits per heavy atom. The van der Waals surface area contributed by atoms with Gasteiger partial charge in [0.1, 0.15) is 41.5 Å². The summed E-state index contributed by atoms with van der Waals surface area (Å²) in [6.45, 7) is 45.8. The third-order valence-electron chi connectivity index (χ3n) is 12.7. The number of carbonyl (C=O) groups is 12. The third-order valence-corrected chi connectivity index (χ3v) is 12.7. The van der Waals surface area contributed by atoms with Gasteiger partial charge in [0.05, 0.1) is 18.6 Å². The molecule has 1 unspecified atom stereocenters. The minimum absolute atomic E-state index is 0.00128. The van der Waals surface area contributed by atoms with E-state index in [1.165, 1.54) is 27.7 Å².